The molecule has 0 radical (unpaired) electrons. The van der Waals surface area contributed by atoms with Gasteiger partial charge >= 0.3 is 0 Å². The Kier molecular flexibility index (Phi) is 5.08. The van der Waals surface area contributed by atoms with Crippen LogP contribution in [0.3, 0.4) is 0 Å². The van der Waals surface area contributed by atoms with Crippen LogP contribution in [0.2, 0.25) is 0 Å². The molecule has 0 unspecified atom stereocenters. The summed E-state index contributed by atoms with van der Waals surface area (Å²) in [5, 5.41) is 2.72. The van der Waals surface area contributed by atoms with E-state index in [0.717, 1.165) is 4.47 Å². The van der Waals surface area contributed by atoms with Crippen LogP contribution in [-0.4, -0.2) is 10.9 Å². The lowest BCUT2D eigenvalue weighted by molar-refractivity contribution is 0.102. The van der Waals surface area contributed by atoms with Gasteiger partial charge in [0.2, 0.25) is 0 Å². The first-order chi connectivity index (χ1) is 9.88. The van der Waals surface area contributed by atoms with E-state index in [9.17, 15) is 9.18 Å². The zero-order valence-corrected chi connectivity index (χ0v) is 14.5. The van der Waals surface area contributed by atoms with Gasteiger partial charge in [0, 0.05) is 14.5 Å². The van der Waals surface area contributed by atoms with Crippen molar-refractivity contribution in [3.8, 4) is 0 Å². The maximum atomic E-state index is 13.1. The number of carbonyl (C=O) groups excluding carboxylic acids is 1. The molecule has 0 bridgehead atoms. The van der Waals surface area contributed by atoms with Crippen LogP contribution in [0, 0.1) is 5.82 Å². The van der Waals surface area contributed by atoms with Crippen molar-refractivity contribution in [2.75, 3.05) is 5.32 Å². The summed E-state index contributed by atoms with van der Waals surface area (Å²) >= 11 is 11.4. The summed E-state index contributed by atoms with van der Waals surface area (Å²) < 4.78 is 14.2. The number of hydrogen-bond donors (Lipinski definition) is 2. The van der Waals surface area contributed by atoms with Gasteiger partial charge in [-0.1, -0.05) is 28.1 Å². The van der Waals surface area contributed by atoms with Crippen LogP contribution in [0.5, 0.6) is 0 Å². The Hall–Kier alpha value is -1.31. The Morgan fingerprint density at radius 2 is 1.86 bits per heavy atom. The Bertz CT molecular complexity index is 737. The Labute approximate surface area is 143 Å². The van der Waals surface area contributed by atoms with E-state index in [2.05, 4.69) is 37.2 Å². The first-order valence-corrected chi connectivity index (χ1v) is 7.73. The Morgan fingerprint density at radius 1 is 1.14 bits per heavy atom. The molecule has 0 aliphatic rings. The highest BCUT2D eigenvalue weighted by molar-refractivity contribution is 9.10. The number of nitrogens with two attached hydrogens (primary N) is 1. The third-order valence-electron chi connectivity index (χ3n) is 2.67. The van der Waals surface area contributed by atoms with E-state index < -0.39 is 5.82 Å². The number of thiocarbonyl (C=S) groups is 1. The molecule has 2 aromatic rings. The second kappa shape index (κ2) is 6.64. The Balaban J connectivity index is 2.34. The third kappa shape index (κ3) is 3.87. The quantitative estimate of drug-likeness (QED) is 0.714. The van der Waals surface area contributed by atoms with Gasteiger partial charge in [-0.3, -0.25) is 4.79 Å². The van der Waals surface area contributed by atoms with Crippen LogP contribution < -0.4 is 11.1 Å². The molecular weight excluding hydrogens is 423 g/mol. The molecular formula is C14H9Br2FN2OS. The monoisotopic (exact) mass is 430 g/mol. The fourth-order valence-corrected chi connectivity index (χ4v) is 2.75. The van der Waals surface area contributed by atoms with Gasteiger partial charge in [-0.05, 0) is 52.3 Å². The number of rotatable bonds is 3. The first kappa shape index (κ1) is 16.1. The van der Waals surface area contributed by atoms with Gasteiger partial charge < -0.3 is 11.1 Å². The minimum atomic E-state index is -0.425. The molecule has 0 atom stereocenters. The lowest BCUT2D eigenvalue weighted by Crippen LogP contribution is -2.18. The molecule has 3 N–H and O–H groups in total. The zero-order valence-electron chi connectivity index (χ0n) is 10.5. The maximum Gasteiger partial charge on any atom is 0.256 e. The van der Waals surface area contributed by atoms with Crippen LogP contribution in [0.15, 0.2) is 45.3 Å². The molecule has 0 aromatic heterocycles. The summed E-state index contributed by atoms with van der Waals surface area (Å²) in [5.74, 6) is -0.812. The van der Waals surface area contributed by atoms with Crippen molar-refractivity contribution in [1.82, 2.24) is 0 Å². The van der Waals surface area contributed by atoms with E-state index in [1.54, 1.807) is 18.2 Å². The molecule has 0 spiro atoms. The number of halogens is 3. The highest BCUT2D eigenvalue weighted by Crippen LogP contribution is 2.24. The van der Waals surface area contributed by atoms with Crippen LogP contribution in [-0.2, 0) is 0 Å². The fourth-order valence-electron chi connectivity index (χ4n) is 1.69. The SMILES string of the molecule is NC(=S)c1cc(Br)ccc1NC(=O)c1ccc(F)cc1Br. The summed E-state index contributed by atoms with van der Waals surface area (Å²) in [4.78, 5) is 12.4. The average molecular weight is 432 g/mol. The molecule has 0 saturated carbocycles. The van der Waals surface area contributed by atoms with Gasteiger partial charge in [-0.2, -0.15) is 0 Å². The average Bonchev–Trinajstić information content (AvgIpc) is 2.40. The van der Waals surface area contributed by atoms with Crippen molar-refractivity contribution in [3.63, 3.8) is 0 Å². The zero-order chi connectivity index (χ0) is 15.6. The summed E-state index contributed by atoms with van der Waals surface area (Å²) in [5.41, 5.74) is 7.00. The topological polar surface area (TPSA) is 55.1 Å². The van der Waals surface area contributed by atoms with E-state index in [0.29, 0.717) is 21.3 Å². The minimum absolute atomic E-state index is 0.171. The lowest BCUT2D eigenvalue weighted by Gasteiger charge is -2.11. The second-order valence-electron chi connectivity index (χ2n) is 4.13. The lowest BCUT2D eigenvalue weighted by atomic mass is 10.1. The van der Waals surface area contributed by atoms with Crippen molar-refractivity contribution in [3.05, 3.63) is 62.3 Å². The van der Waals surface area contributed by atoms with E-state index in [4.69, 9.17) is 18.0 Å². The largest absolute Gasteiger partial charge is 0.389 e. The van der Waals surface area contributed by atoms with Crippen LogP contribution in [0.25, 0.3) is 0 Å². The highest BCUT2D eigenvalue weighted by atomic mass is 79.9. The fraction of sp³-hybridized carbons (Fsp3) is 0. The number of anilines is 1. The molecule has 2 rings (SSSR count). The molecule has 2 aromatic carbocycles. The summed E-state index contributed by atoms with van der Waals surface area (Å²) in [6.45, 7) is 0. The number of amides is 1. The predicted molar refractivity (Wildman–Crippen MR) is 92.1 cm³/mol. The van der Waals surface area contributed by atoms with E-state index in [1.165, 1.54) is 18.2 Å². The summed E-state index contributed by atoms with van der Waals surface area (Å²) in [6.07, 6.45) is 0. The van der Waals surface area contributed by atoms with Gasteiger partial charge in [0.05, 0.1) is 11.3 Å². The third-order valence-corrected chi connectivity index (χ3v) is 4.04. The van der Waals surface area contributed by atoms with Crippen LogP contribution >= 0.6 is 44.1 Å². The van der Waals surface area contributed by atoms with E-state index >= 15 is 0 Å². The molecule has 0 aliphatic carbocycles. The first-order valence-electron chi connectivity index (χ1n) is 5.74. The standard InChI is InChI=1S/C14H9Br2FN2OS/c15-7-1-4-12(10(5-7)13(18)21)19-14(20)9-3-2-8(17)6-11(9)16/h1-6H,(H2,18,21)(H,19,20). The Morgan fingerprint density at radius 3 is 2.48 bits per heavy atom. The number of hydrogen-bond acceptors (Lipinski definition) is 2. The molecule has 108 valence electrons. The molecule has 21 heavy (non-hydrogen) atoms. The second-order valence-corrected chi connectivity index (χ2v) is 6.34. The molecule has 3 nitrogen and oxygen atoms in total. The molecule has 1 amide bonds. The number of nitrogens with one attached hydrogen (secondary N) is 1. The van der Waals surface area contributed by atoms with Gasteiger partial charge in [0.1, 0.15) is 10.8 Å². The predicted octanol–water partition coefficient (Wildman–Crippen LogP) is 4.24. The minimum Gasteiger partial charge on any atom is -0.389 e. The molecule has 0 fully saturated rings. The normalized spacial score (nSPS) is 10.2. The summed E-state index contributed by atoms with van der Waals surface area (Å²) in [6, 6.07) is 9.01. The van der Waals surface area contributed by atoms with Gasteiger partial charge in [0.25, 0.3) is 5.91 Å². The van der Waals surface area contributed by atoms with Gasteiger partial charge in [0.15, 0.2) is 0 Å². The van der Waals surface area contributed by atoms with Crippen molar-refractivity contribution in [2.45, 2.75) is 0 Å². The van der Waals surface area contributed by atoms with Crippen molar-refractivity contribution >= 4 is 60.7 Å². The number of benzene rings is 2. The highest BCUT2D eigenvalue weighted by Gasteiger charge is 2.14. The van der Waals surface area contributed by atoms with Gasteiger partial charge in [-0.25, -0.2) is 4.39 Å². The maximum absolute atomic E-state index is 13.1. The molecule has 0 saturated heterocycles. The molecule has 0 aliphatic heterocycles. The molecule has 0 heterocycles. The van der Waals surface area contributed by atoms with E-state index in [1.807, 2.05) is 0 Å². The van der Waals surface area contributed by atoms with Gasteiger partial charge in [-0.15, -0.1) is 0 Å². The van der Waals surface area contributed by atoms with Crippen LogP contribution in [0.4, 0.5) is 10.1 Å². The van der Waals surface area contributed by atoms with Crippen molar-refractivity contribution < 1.29 is 9.18 Å². The van der Waals surface area contributed by atoms with Crippen LogP contribution in [0.1, 0.15) is 15.9 Å². The van der Waals surface area contributed by atoms with E-state index in [-0.39, 0.29) is 10.9 Å². The summed E-state index contributed by atoms with van der Waals surface area (Å²) in [7, 11) is 0. The van der Waals surface area contributed by atoms with Crippen molar-refractivity contribution in [2.24, 2.45) is 5.73 Å². The number of carbonyl (C=O) groups is 1. The smallest absolute Gasteiger partial charge is 0.256 e. The van der Waals surface area contributed by atoms with Crippen molar-refractivity contribution in [1.29, 1.82) is 0 Å². The molecule has 7 heteroatoms.